The molecule has 0 aromatic heterocycles. The van der Waals surface area contributed by atoms with Crippen molar-refractivity contribution in [3.05, 3.63) is 29.3 Å². The van der Waals surface area contributed by atoms with E-state index in [4.69, 9.17) is 5.26 Å². The zero-order valence-electron chi connectivity index (χ0n) is 10.8. The summed E-state index contributed by atoms with van der Waals surface area (Å²) >= 11 is 0. The van der Waals surface area contributed by atoms with Gasteiger partial charge in [0.1, 0.15) is 6.07 Å². The topological polar surface area (TPSA) is 27.0 Å². The molecule has 0 aliphatic rings. The summed E-state index contributed by atoms with van der Waals surface area (Å²) in [5.74, 6) is 0.567. The predicted molar refractivity (Wildman–Crippen MR) is 68.6 cm³/mol. The van der Waals surface area contributed by atoms with Crippen molar-refractivity contribution in [1.29, 1.82) is 5.26 Å². The molecule has 0 saturated heterocycles. The van der Waals surface area contributed by atoms with Crippen LogP contribution in [0.1, 0.15) is 31.9 Å². The third-order valence-electron chi connectivity index (χ3n) is 3.23. The molecule has 1 aromatic rings. The molecule has 0 bridgehead atoms. The molecule has 2 heteroatoms. The van der Waals surface area contributed by atoms with Gasteiger partial charge in [-0.2, -0.15) is 5.26 Å². The fraction of sp³-hybridized carbons (Fsp3) is 0.500. The van der Waals surface area contributed by atoms with Crippen LogP contribution in [0.2, 0.25) is 0 Å². The summed E-state index contributed by atoms with van der Waals surface area (Å²) in [4.78, 5) is 2.19. The first-order valence-corrected chi connectivity index (χ1v) is 5.71. The molecule has 16 heavy (non-hydrogen) atoms. The molecule has 1 rings (SSSR count). The summed E-state index contributed by atoms with van der Waals surface area (Å²) < 4.78 is 0. The zero-order chi connectivity index (χ0) is 12.3. The smallest absolute Gasteiger partial charge is 0.101 e. The van der Waals surface area contributed by atoms with E-state index in [2.05, 4.69) is 51.8 Å². The van der Waals surface area contributed by atoms with Crippen molar-refractivity contribution in [3.63, 3.8) is 0 Å². The predicted octanol–water partition coefficient (Wildman–Crippen LogP) is 3.35. The van der Waals surface area contributed by atoms with Crippen molar-refractivity contribution in [2.75, 3.05) is 11.9 Å². The van der Waals surface area contributed by atoms with Crippen LogP contribution in [0, 0.1) is 24.2 Å². The highest BCUT2D eigenvalue weighted by atomic mass is 15.1. The molecule has 0 heterocycles. The van der Waals surface area contributed by atoms with Crippen molar-refractivity contribution < 1.29 is 0 Å². The molecule has 0 fully saturated rings. The molecule has 0 radical (unpaired) electrons. The number of benzene rings is 1. The minimum Gasteiger partial charge on any atom is -0.371 e. The number of aryl methyl sites for hydroxylation is 1. The van der Waals surface area contributed by atoms with Crippen LogP contribution in [0.25, 0.3) is 0 Å². The number of rotatable bonds is 3. The molecule has 86 valence electrons. The minimum absolute atomic E-state index is 0.425. The molecule has 2 nitrogen and oxygen atoms in total. The Morgan fingerprint density at radius 3 is 2.38 bits per heavy atom. The summed E-state index contributed by atoms with van der Waals surface area (Å²) in [6.07, 6.45) is 0. The minimum atomic E-state index is 0.425. The Labute approximate surface area is 98.5 Å². The van der Waals surface area contributed by atoms with Crippen LogP contribution >= 0.6 is 0 Å². The standard InChI is InChI=1S/C14H20N2/c1-10(2)12(4)16(5)14-8-11(3)6-7-13(14)9-15/h6-8,10,12H,1-5H3. The maximum Gasteiger partial charge on any atom is 0.101 e. The van der Waals surface area contributed by atoms with Gasteiger partial charge in [0.25, 0.3) is 0 Å². The van der Waals surface area contributed by atoms with E-state index < -0.39 is 0 Å². The van der Waals surface area contributed by atoms with E-state index in [1.165, 1.54) is 5.56 Å². The Morgan fingerprint density at radius 1 is 1.25 bits per heavy atom. The molecule has 0 amide bonds. The molecule has 0 spiro atoms. The second kappa shape index (κ2) is 5.03. The molecule has 0 N–H and O–H groups in total. The largest absolute Gasteiger partial charge is 0.371 e. The van der Waals surface area contributed by atoms with E-state index in [1.807, 2.05) is 12.1 Å². The summed E-state index contributed by atoms with van der Waals surface area (Å²) in [7, 11) is 2.06. The Balaban J connectivity index is 3.12. The second-order valence-corrected chi connectivity index (χ2v) is 4.73. The maximum atomic E-state index is 9.10. The number of anilines is 1. The molecular formula is C14H20N2. The van der Waals surface area contributed by atoms with Crippen molar-refractivity contribution in [1.82, 2.24) is 0 Å². The van der Waals surface area contributed by atoms with Crippen LogP contribution in [0.5, 0.6) is 0 Å². The number of nitriles is 1. The van der Waals surface area contributed by atoms with E-state index in [0.717, 1.165) is 11.3 Å². The normalized spacial score (nSPS) is 12.3. The monoisotopic (exact) mass is 216 g/mol. The van der Waals surface area contributed by atoms with Crippen LogP contribution in [0.15, 0.2) is 18.2 Å². The number of nitrogens with zero attached hydrogens (tertiary/aromatic N) is 2. The molecule has 1 aromatic carbocycles. The van der Waals surface area contributed by atoms with Gasteiger partial charge < -0.3 is 4.90 Å². The van der Waals surface area contributed by atoms with E-state index in [1.54, 1.807) is 0 Å². The number of hydrogen-bond acceptors (Lipinski definition) is 2. The Bertz CT molecular complexity index is 402. The summed E-state index contributed by atoms with van der Waals surface area (Å²) in [5.41, 5.74) is 2.97. The lowest BCUT2D eigenvalue weighted by Crippen LogP contribution is -2.33. The Kier molecular flexibility index (Phi) is 3.95. The van der Waals surface area contributed by atoms with Gasteiger partial charge in [0.05, 0.1) is 11.3 Å². The summed E-state index contributed by atoms with van der Waals surface area (Å²) in [6.45, 7) is 8.64. The average molecular weight is 216 g/mol. The third kappa shape index (κ3) is 2.55. The number of hydrogen-bond donors (Lipinski definition) is 0. The van der Waals surface area contributed by atoms with Crippen LogP contribution in [-0.2, 0) is 0 Å². The van der Waals surface area contributed by atoms with Gasteiger partial charge in [-0.3, -0.25) is 0 Å². The van der Waals surface area contributed by atoms with Gasteiger partial charge >= 0.3 is 0 Å². The lowest BCUT2D eigenvalue weighted by molar-refractivity contribution is 0.505. The van der Waals surface area contributed by atoms with Gasteiger partial charge in [-0.15, -0.1) is 0 Å². The van der Waals surface area contributed by atoms with E-state index >= 15 is 0 Å². The molecule has 0 aliphatic heterocycles. The molecule has 1 atom stereocenters. The first-order chi connectivity index (χ1) is 7.47. The fourth-order valence-electron chi connectivity index (χ4n) is 1.69. The lowest BCUT2D eigenvalue weighted by Gasteiger charge is -2.30. The van der Waals surface area contributed by atoms with E-state index in [9.17, 15) is 0 Å². The van der Waals surface area contributed by atoms with Gasteiger partial charge in [0.15, 0.2) is 0 Å². The third-order valence-corrected chi connectivity index (χ3v) is 3.23. The van der Waals surface area contributed by atoms with E-state index in [-0.39, 0.29) is 0 Å². The SMILES string of the molecule is Cc1ccc(C#N)c(N(C)C(C)C(C)C)c1. The van der Waals surface area contributed by atoms with Gasteiger partial charge in [-0.25, -0.2) is 0 Å². The lowest BCUT2D eigenvalue weighted by atomic mass is 10.0. The van der Waals surface area contributed by atoms with Crippen LogP contribution in [0.4, 0.5) is 5.69 Å². The molecule has 1 unspecified atom stereocenters. The first-order valence-electron chi connectivity index (χ1n) is 5.71. The van der Waals surface area contributed by atoms with Crippen molar-refractivity contribution in [3.8, 4) is 6.07 Å². The van der Waals surface area contributed by atoms with Crippen LogP contribution in [0.3, 0.4) is 0 Å². The Hall–Kier alpha value is -1.49. The highest BCUT2D eigenvalue weighted by Gasteiger charge is 2.16. The summed E-state index contributed by atoms with van der Waals surface area (Å²) in [6, 6.07) is 8.64. The molecule has 0 saturated carbocycles. The van der Waals surface area contributed by atoms with Gasteiger partial charge in [-0.1, -0.05) is 19.9 Å². The Morgan fingerprint density at radius 2 is 1.88 bits per heavy atom. The zero-order valence-corrected chi connectivity index (χ0v) is 10.8. The van der Waals surface area contributed by atoms with Crippen LogP contribution < -0.4 is 4.90 Å². The van der Waals surface area contributed by atoms with Crippen molar-refractivity contribution >= 4 is 5.69 Å². The van der Waals surface area contributed by atoms with E-state index in [0.29, 0.717) is 12.0 Å². The highest BCUT2D eigenvalue weighted by Crippen LogP contribution is 2.24. The molecule has 0 aliphatic carbocycles. The van der Waals surface area contributed by atoms with Gasteiger partial charge in [0.2, 0.25) is 0 Å². The highest BCUT2D eigenvalue weighted by molar-refractivity contribution is 5.60. The van der Waals surface area contributed by atoms with Gasteiger partial charge in [-0.05, 0) is 37.5 Å². The quantitative estimate of drug-likeness (QED) is 0.774. The van der Waals surface area contributed by atoms with Crippen molar-refractivity contribution in [2.45, 2.75) is 33.7 Å². The second-order valence-electron chi connectivity index (χ2n) is 4.73. The maximum absolute atomic E-state index is 9.10. The fourth-order valence-corrected chi connectivity index (χ4v) is 1.69. The molecular weight excluding hydrogens is 196 g/mol. The van der Waals surface area contributed by atoms with Crippen molar-refractivity contribution in [2.24, 2.45) is 5.92 Å². The first kappa shape index (κ1) is 12.6. The van der Waals surface area contributed by atoms with Gasteiger partial charge in [0, 0.05) is 13.1 Å². The van der Waals surface area contributed by atoms with Crippen LogP contribution in [-0.4, -0.2) is 13.1 Å². The summed E-state index contributed by atoms with van der Waals surface area (Å²) in [5, 5.41) is 9.10. The average Bonchev–Trinajstić information content (AvgIpc) is 2.26.